The zero-order valence-corrected chi connectivity index (χ0v) is 8.10. The maximum Gasteiger partial charge on any atom is 0.490 e. The van der Waals surface area contributed by atoms with E-state index >= 15 is 0 Å². The molecule has 15 heavy (non-hydrogen) atoms. The number of hydrogen-bond donors (Lipinski definition) is 1. The summed E-state index contributed by atoms with van der Waals surface area (Å²) >= 11 is 0. The molecule has 2 fully saturated rings. The Morgan fingerprint density at radius 3 is 2.47 bits per heavy atom. The molecular weight excluding hydrogens is 213 g/mol. The Morgan fingerprint density at radius 2 is 2.13 bits per heavy atom. The lowest BCUT2D eigenvalue weighted by Gasteiger charge is -2.59. The molecule has 0 aromatic carbocycles. The van der Waals surface area contributed by atoms with Crippen molar-refractivity contribution >= 4 is 5.97 Å². The normalized spacial score (nSPS) is 29.5. The van der Waals surface area contributed by atoms with Gasteiger partial charge in [-0.15, -0.1) is 0 Å². The van der Waals surface area contributed by atoms with E-state index < -0.39 is 18.4 Å². The molecule has 4 nitrogen and oxygen atoms in total. The van der Waals surface area contributed by atoms with Crippen molar-refractivity contribution in [2.24, 2.45) is 5.41 Å². The molecule has 0 aromatic rings. The summed E-state index contributed by atoms with van der Waals surface area (Å²) in [7, 11) is 1.64. The van der Waals surface area contributed by atoms with Crippen LogP contribution in [0.15, 0.2) is 0 Å². The molecule has 0 amide bonds. The van der Waals surface area contributed by atoms with E-state index in [0.29, 0.717) is 19.6 Å². The third-order valence-corrected chi connectivity index (χ3v) is 2.89. The van der Waals surface area contributed by atoms with E-state index in [-0.39, 0.29) is 5.41 Å². The Bertz CT molecular complexity index is 288. The average Bonchev–Trinajstić information content (AvgIpc) is 2.04. The minimum absolute atomic E-state index is 0.296. The van der Waals surface area contributed by atoms with E-state index in [1.807, 2.05) is 0 Å². The van der Waals surface area contributed by atoms with Crippen molar-refractivity contribution in [2.45, 2.75) is 12.4 Å². The lowest BCUT2D eigenvalue weighted by Crippen LogP contribution is -2.76. The Hall–Kier alpha value is -0.820. The third-order valence-electron chi connectivity index (χ3n) is 2.89. The highest BCUT2D eigenvalue weighted by Gasteiger charge is 2.59. The molecule has 1 N–H and O–H groups in total. The molecule has 2 aliphatic rings. The molecule has 1 spiro atoms. The van der Waals surface area contributed by atoms with Crippen LogP contribution in [0.25, 0.3) is 0 Å². The zero-order valence-electron chi connectivity index (χ0n) is 8.10. The molecule has 86 valence electrons. The number of ether oxygens (including phenoxy) is 1. The Balaban J connectivity index is 1.97. The molecule has 0 aromatic heterocycles. The predicted octanol–water partition coefficient (Wildman–Crippen LogP) is -0.0470. The van der Waals surface area contributed by atoms with Crippen molar-refractivity contribution in [3.8, 4) is 0 Å². The summed E-state index contributed by atoms with van der Waals surface area (Å²) < 4.78 is 40.3. The van der Waals surface area contributed by atoms with Crippen LogP contribution >= 0.6 is 0 Å². The van der Waals surface area contributed by atoms with Crippen molar-refractivity contribution in [3.63, 3.8) is 0 Å². The molecule has 2 saturated heterocycles. The van der Waals surface area contributed by atoms with Gasteiger partial charge in [0.1, 0.15) is 0 Å². The van der Waals surface area contributed by atoms with Gasteiger partial charge in [-0.05, 0) is 7.05 Å². The van der Waals surface area contributed by atoms with E-state index in [4.69, 9.17) is 0 Å². The molecule has 2 aliphatic heterocycles. The average molecular weight is 224 g/mol. The van der Waals surface area contributed by atoms with Gasteiger partial charge in [-0.2, -0.15) is 13.2 Å². The second kappa shape index (κ2) is 3.08. The molecule has 0 radical (unpaired) electrons. The Morgan fingerprint density at radius 1 is 1.53 bits per heavy atom. The molecule has 0 aliphatic carbocycles. The van der Waals surface area contributed by atoms with Gasteiger partial charge in [0.2, 0.25) is 0 Å². The first kappa shape index (κ1) is 10.7. The van der Waals surface area contributed by atoms with Gasteiger partial charge in [-0.1, -0.05) is 0 Å². The van der Waals surface area contributed by atoms with E-state index in [0.717, 1.165) is 0 Å². The lowest BCUT2D eigenvalue weighted by molar-refractivity contribution is -0.255. The first-order chi connectivity index (χ1) is 6.85. The molecule has 2 rings (SSSR count). The van der Waals surface area contributed by atoms with Crippen molar-refractivity contribution < 1.29 is 22.7 Å². The van der Waals surface area contributed by atoms with E-state index in [9.17, 15) is 18.0 Å². The minimum Gasteiger partial charge on any atom is -0.439 e. The summed E-state index contributed by atoms with van der Waals surface area (Å²) in [5.74, 6) is -2.11. The highest BCUT2D eigenvalue weighted by atomic mass is 19.4. The number of carbonyl (C=O) groups excluding carboxylic acids is 1. The van der Waals surface area contributed by atoms with E-state index in [1.54, 1.807) is 11.9 Å². The summed E-state index contributed by atoms with van der Waals surface area (Å²) in [6.45, 7) is 1.87. The minimum atomic E-state index is -4.91. The smallest absolute Gasteiger partial charge is 0.439 e. The zero-order chi connectivity index (χ0) is 11.3. The molecule has 0 saturated carbocycles. The van der Waals surface area contributed by atoms with Crippen LogP contribution in [0.5, 0.6) is 0 Å². The van der Waals surface area contributed by atoms with Gasteiger partial charge in [0.15, 0.2) is 6.23 Å². The fourth-order valence-corrected chi connectivity index (χ4v) is 2.13. The molecule has 2 heterocycles. The molecule has 7 heteroatoms. The molecule has 1 unspecified atom stereocenters. The number of carbonyl (C=O) groups is 1. The van der Waals surface area contributed by atoms with Crippen LogP contribution in [0.4, 0.5) is 13.2 Å². The lowest BCUT2D eigenvalue weighted by atomic mass is 9.72. The SMILES string of the molecule is CN1CC2(CNC2)C1OC(=O)C(F)(F)F. The number of likely N-dealkylation sites (tertiary alicyclic amines) is 1. The maximum absolute atomic E-state index is 12.0. The first-order valence-corrected chi connectivity index (χ1v) is 4.54. The van der Waals surface area contributed by atoms with Gasteiger partial charge in [-0.25, -0.2) is 4.79 Å². The monoisotopic (exact) mass is 224 g/mol. The van der Waals surface area contributed by atoms with Gasteiger partial charge < -0.3 is 10.1 Å². The Kier molecular flexibility index (Phi) is 2.20. The van der Waals surface area contributed by atoms with Crippen LogP contribution in [0, 0.1) is 5.41 Å². The van der Waals surface area contributed by atoms with E-state index in [2.05, 4.69) is 10.1 Å². The van der Waals surface area contributed by atoms with Crippen LogP contribution in [0.1, 0.15) is 0 Å². The second-order valence-electron chi connectivity index (χ2n) is 4.14. The van der Waals surface area contributed by atoms with Crippen molar-refractivity contribution in [2.75, 3.05) is 26.7 Å². The number of alkyl halides is 3. The predicted molar refractivity (Wildman–Crippen MR) is 43.9 cm³/mol. The topological polar surface area (TPSA) is 41.6 Å². The molecule has 0 bridgehead atoms. The van der Waals surface area contributed by atoms with Crippen LogP contribution in [0.3, 0.4) is 0 Å². The van der Waals surface area contributed by atoms with Crippen molar-refractivity contribution in [1.82, 2.24) is 10.2 Å². The van der Waals surface area contributed by atoms with E-state index in [1.165, 1.54) is 0 Å². The molecule has 1 atom stereocenters. The first-order valence-electron chi connectivity index (χ1n) is 4.54. The van der Waals surface area contributed by atoms with Gasteiger partial charge in [0.05, 0.1) is 5.41 Å². The van der Waals surface area contributed by atoms with Crippen LogP contribution in [-0.4, -0.2) is 50.0 Å². The number of hydrogen-bond acceptors (Lipinski definition) is 4. The largest absolute Gasteiger partial charge is 0.490 e. The third kappa shape index (κ3) is 1.59. The summed E-state index contributed by atoms with van der Waals surface area (Å²) in [6.07, 6.45) is -5.65. The van der Waals surface area contributed by atoms with Gasteiger partial charge in [0.25, 0.3) is 0 Å². The number of nitrogens with zero attached hydrogens (tertiary/aromatic N) is 1. The van der Waals surface area contributed by atoms with Crippen LogP contribution in [-0.2, 0) is 9.53 Å². The van der Waals surface area contributed by atoms with Gasteiger partial charge in [0, 0.05) is 19.6 Å². The van der Waals surface area contributed by atoms with Crippen molar-refractivity contribution in [3.05, 3.63) is 0 Å². The summed E-state index contributed by atoms with van der Waals surface area (Å²) in [5, 5.41) is 2.97. The van der Waals surface area contributed by atoms with Crippen LogP contribution < -0.4 is 5.32 Å². The highest BCUT2D eigenvalue weighted by molar-refractivity contribution is 5.75. The summed E-state index contributed by atoms with van der Waals surface area (Å²) in [5.41, 5.74) is -0.296. The number of esters is 1. The second-order valence-corrected chi connectivity index (χ2v) is 4.14. The number of rotatable bonds is 1. The van der Waals surface area contributed by atoms with Crippen LogP contribution in [0.2, 0.25) is 0 Å². The van der Waals surface area contributed by atoms with Crippen molar-refractivity contribution in [1.29, 1.82) is 0 Å². The standard InChI is InChI=1S/C8H11F3N2O2/c1-13-4-7(2-12-3-7)5(13)15-6(14)8(9,10)11/h5,12H,2-4H2,1H3. The van der Waals surface area contributed by atoms with Gasteiger partial charge in [-0.3, -0.25) is 4.90 Å². The summed E-state index contributed by atoms with van der Waals surface area (Å²) in [6, 6.07) is 0. The summed E-state index contributed by atoms with van der Waals surface area (Å²) in [4.78, 5) is 12.2. The van der Waals surface area contributed by atoms with Gasteiger partial charge >= 0.3 is 12.1 Å². The Labute approximate surface area is 84.4 Å². The number of nitrogens with one attached hydrogen (secondary N) is 1. The number of halogens is 3. The molecular formula is C8H11F3N2O2. The fraction of sp³-hybridized carbons (Fsp3) is 0.875. The maximum atomic E-state index is 12.0. The fourth-order valence-electron chi connectivity index (χ4n) is 2.13. The quantitative estimate of drug-likeness (QED) is 0.634. The highest BCUT2D eigenvalue weighted by Crippen LogP contribution is 2.41.